The Bertz CT molecular complexity index is 952. The third kappa shape index (κ3) is 3.26. The Morgan fingerprint density at radius 3 is 2.63 bits per heavy atom. The van der Waals surface area contributed by atoms with Crippen molar-refractivity contribution in [1.29, 1.82) is 0 Å². The number of fused-ring (bicyclic) bond motifs is 1. The number of amides is 2. The number of urea groups is 1. The van der Waals surface area contributed by atoms with Gasteiger partial charge in [-0.3, -0.25) is 0 Å². The highest BCUT2D eigenvalue weighted by atomic mass is 19.1. The summed E-state index contributed by atoms with van der Waals surface area (Å²) in [6.45, 7) is 1.25. The highest BCUT2D eigenvalue weighted by Crippen LogP contribution is 2.33. The van der Waals surface area contributed by atoms with Gasteiger partial charge in [-0.05, 0) is 42.0 Å². The van der Waals surface area contributed by atoms with E-state index in [0.29, 0.717) is 24.5 Å². The van der Waals surface area contributed by atoms with E-state index in [1.54, 1.807) is 36.3 Å². The molecular weight excluding hydrogens is 345 g/mol. The molecule has 1 aromatic heterocycles. The number of para-hydroxylation sites is 2. The van der Waals surface area contributed by atoms with Crippen molar-refractivity contribution >= 4 is 11.7 Å². The highest BCUT2D eigenvalue weighted by Gasteiger charge is 2.32. The Morgan fingerprint density at radius 2 is 1.85 bits per heavy atom. The van der Waals surface area contributed by atoms with Crippen LogP contribution in [0, 0.1) is 5.82 Å². The minimum Gasteiger partial charge on any atom is -0.495 e. The topological polar surface area (TPSA) is 46.5 Å². The summed E-state index contributed by atoms with van der Waals surface area (Å²) in [7, 11) is 1.57. The number of benzene rings is 2. The molecule has 138 valence electrons. The highest BCUT2D eigenvalue weighted by molar-refractivity contribution is 5.91. The van der Waals surface area contributed by atoms with Crippen molar-refractivity contribution in [1.82, 2.24) is 9.47 Å². The van der Waals surface area contributed by atoms with Gasteiger partial charge in [0, 0.05) is 25.0 Å². The van der Waals surface area contributed by atoms with E-state index < -0.39 is 0 Å². The number of nitrogens with zero attached hydrogens (tertiary/aromatic N) is 2. The van der Waals surface area contributed by atoms with Crippen LogP contribution in [0.25, 0.3) is 0 Å². The van der Waals surface area contributed by atoms with Crippen LogP contribution in [0.15, 0.2) is 66.9 Å². The number of aromatic nitrogens is 1. The van der Waals surface area contributed by atoms with E-state index in [-0.39, 0.29) is 17.9 Å². The van der Waals surface area contributed by atoms with Gasteiger partial charge in [-0.1, -0.05) is 24.3 Å². The van der Waals surface area contributed by atoms with Crippen molar-refractivity contribution in [2.75, 3.05) is 19.0 Å². The minimum absolute atomic E-state index is 0.221. The van der Waals surface area contributed by atoms with Crippen LogP contribution in [0.2, 0.25) is 0 Å². The maximum Gasteiger partial charge on any atom is 0.322 e. The van der Waals surface area contributed by atoms with Gasteiger partial charge in [0.15, 0.2) is 0 Å². The standard InChI is InChI=1S/C21H20FN3O2/c1-27-19-7-3-2-5-17(19)23-21(26)25-14-13-24-12-4-6-18(24)20(25)15-8-10-16(22)11-9-15/h2-12,20H,13-14H2,1H3,(H,23,26)/t20-/m0/s1. The normalized spacial score (nSPS) is 15.9. The van der Waals surface area contributed by atoms with E-state index in [2.05, 4.69) is 9.88 Å². The molecule has 0 fully saturated rings. The Morgan fingerprint density at radius 1 is 1.07 bits per heavy atom. The fourth-order valence-corrected chi connectivity index (χ4v) is 3.53. The van der Waals surface area contributed by atoms with Gasteiger partial charge in [-0.15, -0.1) is 0 Å². The zero-order valence-corrected chi connectivity index (χ0v) is 14.9. The van der Waals surface area contributed by atoms with Gasteiger partial charge in [0.2, 0.25) is 0 Å². The number of hydrogen-bond acceptors (Lipinski definition) is 2. The zero-order valence-electron chi connectivity index (χ0n) is 14.9. The average Bonchev–Trinajstić information content (AvgIpc) is 3.17. The second-order valence-electron chi connectivity index (χ2n) is 6.40. The molecule has 1 aliphatic rings. The summed E-state index contributed by atoms with van der Waals surface area (Å²) in [4.78, 5) is 14.9. The summed E-state index contributed by atoms with van der Waals surface area (Å²) in [5.74, 6) is 0.305. The molecule has 0 aliphatic carbocycles. The number of carbonyl (C=O) groups excluding carboxylic acids is 1. The van der Waals surface area contributed by atoms with Gasteiger partial charge >= 0.3 is 6.03 Å². The number of methoxy groups -OCH3 is 1. The quantitative estimate of drug-likeness (QED) is 0.753. The molecule has 5 nitrogen and oxygen atoms in total. The number of ether oxygens (including phenoxy) is 1. The van der Waals surface area contributed by atoms with E-state index >= 15 is 0 Å². The number of anilines is 1. The summed E-state index contributed by atoms with van der Waals surface area (Å²) >= 11 is 0. The molecule has 1 atom stereocenters. The Hall–Kier alpha value is -3.28. The van der Waals surface area contributed by atoms with Gasteiger partial charge in [-0.25, -0.2) is 9.18 Å². The van der Waals surface area contributed by atoms with Crippen molar-refractivity contribution in [2.24, 2.45) is 0 Å². The summed E-state index contributed by atoms with van der Waals surface area (Å²) < 4.78 is 20.9. The molecule has 1 aliphatic heterocycles. The van der Waals surface area contributed by atoms with Crippen molar-refractivity contribution in [2.45, 2.75) is 12.6 Å². The van der Waals surface area contributed by atoms with Gasteiger partial charge in [0.05, 0.1) is 18.8 Å². The first-order valence-electron chi connectivity index (χ1n) is 8.78. The summed E-state index contributed by atoms with van der Waals surface area (Å²) in [5, 5.41) is 2.94. The molecule has 0 unspecified atom stereocenters. The predicted molar refractivity (Wildman–Crippen MR) is 101 cm³/mol. The fourth-order valence-electron chi connectivity index (χ4n) is 3.53. The van der Waals surface area contributed by atoms with Gasteiger partial charge in [-0.2, -0.15) is 0 Å². The summed E-state index contributed by atoms with van der Waals surface area (Å²) in [6.07, 6.45) is 2.00. The van der Waals surface area contributed by atoms with Crippen LogP contribution >= 0.6 is 0 Å². The molecule has 0 bridgehead atoms. The molecule has 3 aromatic rings. The molecule has 1 N–H and O–H groups in total. The van der Waals surface area contributed by atoms with Crippen LogP contribution in [0.4, 0.5) is 14.9 Å². The lowest BCUT2D eigenvalue weighted by Crippen LogP contribution is -2.44. The van der Waals surface area contributed by atoms with Gasteiger partial charge in [0.25, 0.3) is 0 Å². The molecule has 2 amide bonds. The van der Waals surface area contributed by atoms with E-state index in [1.165, 1.54) is 12.1 Å². The Balaban J connectivity index is 1.68. The van der Waals surface area contributed by atoms with Crippen LogP contribution in [-0.2, 0) is 6.54 Å². The lowest BCUT2D eigenvalue weighted by molar-refractivity contribution is 0.181. The van der Waals surface area contributed by atoms with Crippen molar-refractivity contribution in [3.05, 3.63) is 83.9 Å². The van der Waals surface area contributed by atoms with Crippen molar-refractivity contribution < 1.29 is 13.9 Å². The largest absolute Gasteiger partial charge is 0.495 e. The molecule has 4 rings (SSSR count). The third-order valence-corrected chi connectivity index (χ3v) is 4.83. The molecule has 0 saturated carbocycles. The molecule has 0 saturated heterocycles. The SMILES string of the molecule is COc1ccccc1NC(=O)N1CCn2cccc2[C@@H]1c1ccc(F)cc1. The lowest BCUT2D eigenvalue weighted by Gasteiger charge is -2.37. The first-order valence-corrected chi connectivity index (χ1v) is 8.78. The maximum atomic E-state index is 13.4. The molecule has 6 heteroatoms. The summed E-state index contributed by atoms with van der Waals surface area (Å²) in [5.41, 5.74) is 2.48. The number of halogens is 1. The van der Waals surface area contributed by atoms with Crippen molar-refractivity contribution in [3.63, 3.8) is 0 Å². The first-order chi connectivity index (χ1) is 13.2. The van der Waals surface area contributed by atoms with Crippen molar-refractivity contribution in [3.8, 4) is 5.75 Å². The van der Waals surface area contributed by atoms with Crippen LogP contribution in [0.1, 0.15) is 17.3 Å². The van der Waals surface area contributed by atoms with Crippen LogP contribution in [0.5, 0.6) is 5.75 Å². The van der Waals surface area contributed by atoms with E-state index in [4.69, 9.17) is 4.74 Å². The number of nitrogens with one attached hydrogen (secondary N) is 1. The Kier molecular flexibility index (Phi) is 4.54. The first kappa shape index (κ1) is 17.1. The molecule has 0 radical (unpaired) electrons. The smallest absolute Gasteiger partial charge is 0.322 e. The maximum absolute atomic E-state index is 13.4. The molecule has 2 heterocycles. The minimum atomic E-state index is -0.296. The van der Waals surface area contributed by atoms with E-state index in [0.717, 1.165) is 11.3 Å². The third-order valence-electron chi connectivity index (χ3n) is 4.83. The lowest BCUT2D eigenvalue weighted by atomic mass is 10.0. The number of hydrogen-bond donors (Lipinski definition) is 1. The number of carbonyl (C=O) groups is 1. The predicted octanol–water partition coefficient (Wildman–Crippen LogP) is 4.27. The molecule has 0 spiro atoms. The fraction of sp³-hybridized carbons (Fsp3) is 0.190. The zero-order chi connectivity index (χ0) is 18.8. The second kappa shape index (κ2) is 7.15. The van der Waals surface area contributed by atoms with E-state index in [9.17, 15) is 9.18 Å². The second-order valence-corrected chi connectivity index (χ2v) is 6.40. The van der Waals surface area contributed by atoms with Crippen LogP contribution < -0.4 is 10.1 Å². The average molecular weight is 365 g/mol. The van der Waals surface area contributed by atoms with Gasteiger partial charge < -0.3 is 19.5 Å². The molecule has 27 heavy (non-hydrogen) atoms. The molecule has 2 aromatic carbocycles. The number of rotatable bonds is 3. The summed E-state index contributed by atoms with van der Waals surface area (Å²) in [6, 6.07) is 17.1. The monoisotopic (exact) mass is 365 g/mol. The van der Waals surface area contributed by atoms with Crippen LogP contribution in [-0.4, -0.2) is 29.2 Å². The van der Waals surface area contributed by atoms with Gasteiger partial charge in [0.1, 0.15) is 11.6 Å². The Labute approximate surface area is 157 Å². The molecular formula is C21H20FN3O2. The van der Waals surface area contributed by atoms with Crippen LogP contribution in [0.3, 0.4) is 0 Å². The van der Waals surface area contributed by atoms with E-state index in [1.807, 2.05) is 30.5 Å².